The van der Waals surface area contributed by atoms with Gasteiger partial charge in [0.25, 0.3) is 0 Å². The highest BCUT2D eigenvalue weighted by molar-refractivity contribution is 9.10. The Morgan fingerprint density at radius 1 is 1.33 bits per heavy atom. The molecule has 1 aromatic rings. The summed E-state index contributed by atoms with van der Waals surface area (Å²) in [6, 6.07) is 8.48. The predicted molar refractivity (Wildman–Crippen MR) is 71.1 cm³/mol. The fourth-order valence-electron chi connectivity index (χ4n) is 1.65. The molecular formula is C14H19Br. The molecule has 0 bridgehead atoms. The molecule has 0 amide bonds. The summed E-state index contributed by atoms with van der Waals surface area (Å²) in [6.45, 7) is 6.37. The second kappa shape index (κ2) is 6.84. The first-order valence-electron chi connectivity index (χ1n) is 5.63. The number of unbranched alkanes of at least 4 members (excludes halogenated alkanes) is 2. The molecule has 0 saturated carbocycles. The van der Waals surface area contributed by atoms with Gasteiger partial charge in [0.15, 0.2) is 0 Å². The zero-order valence-corrected chi connectivity index (χ0v) is 11.0. The average molecular weight is 267 g/mol. The third-order valence-electron chi connectivity index (χ3n) is 2.48. The van der Waals surface area contributed by atoms with Crippen LogP contribution < -0.4 is 0 Å². The van der Waals surface area contributed by atoms with Crippen LogP contribution in [0.4, 0.5) is 0 Å². The Morgan fingerprint density at radius 2 is 2.13 bits per heavy atom. The van der Waals surface area contributed by atoms with Crippen molar-refractivity contribution in [2.45, 2.75) is 39.0 Å². The highest BCUT2D eigenvalue weighted by Crippen LogP contribution is 2.17. The highest BCUT2D eigenvalue weighted by atomic mass is 79.9. The van der Waals surface area contributed by atoms with E-state index in [2.05, 4.69) is 53.7 Å². The van der Waals surface area contributed by atoms with Crippen molar-refractivity contribution in [2.75, 3.05) is 0 Å². The molecule has 82 valence electrons. The Bertz CT molecular complexity index is 315. The average Bonchev–Trinajstić information content (AvgIpc) is 2.18. The van der Waals surface area contributed by atoms with Gasteiger partial charge in [-0.05, 0) is 37.0 Å². The molecule has 0 aliphatic rings. The Morgan fingerprint density at radius 3 is 2.80 bits per heavy atom. The lowest BCUT2D eigenvalue weighted by Gasteiger charge is -2.05. The van der Waals surface area contributed by atoms with Gasteiger partial charge in [-0.3, -0.25) is 0 Å². The van der Waals surface area contributed by atoms with Crippen molar-refractivity contribution in [2.24, 2.45) is 0 Å². The summed E-state index contributed by atoms with van der Waals surface area (Å²) < 4.78 is 1.15. The maximum absolute atomic E-state index is 4.14. The van der Waals surface area contributed by atoms with Crippen molar-refractivity contribution < 1.29 is 0 Å². The van der Waals surface area contributed by atoms with Crippen molar-refractivity contribution in [3.63, 3.8) is 0 Å². The summed E-state index contributed by atoms with van der Waals surface area (Å²) >= 11 is 3.49. The molecule has 0 aliphatic heterocycles. The molecule has 0 atom stereocenters. The lowest BCUT2D eigenvalue weighted by atomic mass is 10.0. The van der Waals surface area contributed by atoms with E-state index in [-0.39, 0.29) is 0 Å². The molecule has 0 N–H and O–H groups in total. The number of benzene rings is 1. The first-order valence-corrected chi connectivity index (χ1v) is 6.42. The molecule has 1 aromatic carbocycles. The van der Waals surface area contributed by atoms with Crippen molar-refractivity contribution in [3.8, 4) is 0 Å². The Balaban J connectivity index is 2.37. The minimum absolute atomic E-state index is 1.02. The SMILES string of the molecule is C=C(CCCCC)Cc1cccc(Br)c1. The van der Waals surface area contributed by atoms with Crippen molar-refractivity contribution in [1.82, 2.24) is 0 Å². The van der Waals surface area contributed by atoms with Crippen LogP contribution >= 0.6 is 15.9 Å². The van der Waals surface area contributed by atoms with Crippen LogP contribution in [-0.4, -0.2) is 0 Å². The van der Waals surface area contributed by atoms with Gasteiger partial charge in [-0.1, -0.05) is 60.0 Å². The molecule has 0 nitrogen and oxygen atoms in total. The fraction of sp³-hybridized carbons (Fsp3) is 0.429. The van der Waals surface area contributed by atoms with E-state index in [1.807, 2.05) is 0 Å². The van der Waals surface area contributed by atoms with Gasteiger partial charge in [0.2, 0.25) is 0 Å². The summed E-state index contributed by atoms with van der Waals surface area (Å²) in [4.78, 5) is 0. The van der Waals surface area contributed by atoms with Crippen LogP contribution in [0.5, 0.6) is 0 Å². The monoisotopic (exact) mass is 266 g/mol. The quantitative estimate of drug-likeness (QED) is 0.495. The van der Waals surface area contributed by atoms with Crippen LogP contribution in [0.25, 0.3) is 0 Å². The van der Waals surface area contributed by atoms with Crippen molar-refractivity contribution in [3.05, 3.63) is 46.5 Å². The number of hydrogen-bond acceptors (Lipinski definition) is 0. The first-order chi connectivity index (χ1) is 7.22. The lowest BCUT2D eigenvalue weighted by Crippen LogP contribution is -1.89. The van der Waals surface area contributed by atoms with Crippen LogP contribution in [0.3, 0.4) is 0 Å². The van der Waals surface area contributed by atoms with Gasteiger partial charge in [-0.2, -0.15) is 0 Å². The van der Waals surface area contributed by atoms with Crippen LogP contribution in [0.1, 0.15) is 38.2 Å². The Kier molecular flexibility index (Phi) is 5.70. The van der Waals surface area contributed by atoms with E-state index in [0.717, 1.165) is 10.9 Å². The van der Waals surface area contributed by atoms with E-state index in [4.69, 9.17) is 0 Å². The zero-order chi connectivity index (χ0) is 11.1. The summed E-state index contributed by atoms with van der Waals surface area (Å²) in [7, 11) is 0. The fourth-order valence-corrected chi connectivity index (χ4v) is 2.10. The molecule has 0 aliphatic carbocycles. The van der Waals surface area contributed by atoms with E-state index < -0.39 is 0 Å². The van der Waals surface area contributed by atoms with Crippen molar-refractivity contribution in [1.29, 1.82) is 0 Å². The molecular weight excluding hydrogens is 248 g/mol. The summed E-state index contributed by atoms with van der Waals surface area (Å²) in [5.41, 5.74) is 2.70. The summed E-state index contributed by atoms with van der Waals surface area (Å²) in [6.07, 6.45) is 6.06. The Labute approximate surface area is 102 Å². The van der Waals surface area contributed by atoms with Gasteiger partial charge >= 0.3 is 0 Å². The van der Waals surface area contributed by atoms with Gasteiger partial charge < -0.3 is 0 Å². The van der Waals surface area contributed by atoms with Gasteiger partial charge in [0, 0.05) is 4.47 Å². The molecule has 0 spiro atoms. The van der Waals surface area contributed by atoms with Crippen LogP contribution in [0.15, 0.2) is 40.9 Å². The van der Waals surface area contributed by atoms with Crippen LogP contribution in [-0.2, 0) is 6.42 Å². The second-order valence-electron chi connectivity index (χ2n) is 4.01. The van der Waals surface area contributed by atoms with E-state index in [1.165, 1.54) is 36.8 Å². The number of halogens is 1. The number of rotatable bonds is 6. The molecule has 0 heterocycles. The van der Waals surface area contributed by atoms with Gasteiger partial charge in [0.1, 0.15) is 0 Å². The van der Waals surface area contributed by atoms with Gasteiger partial charge in [-0.25, -0.2) is 0 Å². The van der Waals surface area contributed by atoms with Gasteiger partial charge in [-0.15, -0.1) is 0 Å². The van der Waals surface area contributed by atoms with Gasteiger partial charge in [0.05, 0.1) is 0 Å². The smallest absolute Gasteiger partial charge is 0.0178 e. The number of allylic oxidation sites excluding steroid dienone is 1. The molecule has 0 aromatic heterocycles. The molecule has 1 heteroatoms. The molecule has 0 saturated heterocycles. The third-order valence-corrected chi connectivity index (χ3v) is 2.97. The van der Waals surface area contributed by atoms with E-state index in [1.54, 1.807) is 0 Å². The molecule has 0 unspecified atom stereocenters. The Hall–Kier alpha value is -0.560. The molecule has 1 rings (SSSR count). The van der Waals surface area contributed by atoms with E-state index in [0.29, 0.717) is 0 Å². The molecule has 15 heavy (non-hydrogen) atoms. The third kappa shape index (κ3) is 5.17. The van der Waals surface area contributed by atoms with Crippen LogP contribution in [0, 0.1) is 0 Å². The second-order valence-corrected chi connectivity index (χ2v) is 4.93. The maximum atomic E-state index is 4.14. The normalized spacial score (nSPS) is 10.3. The summed E-state index contributed by atoms with van der Waals surface area (Å²) in [5, 5.41) is 0. The van der Waals surface area contributed by atoms with Crippen LogP contribution in [0.2, 0.25) is 0 Å². The largest absolute Gasteiger partial charge is 0.0995 e. The van der Waals surface area contributed by atoms with E-state index in [9.17, 15) is 0 Å². The van der Waals surface area contributed by atoms with E-state index >= 15 is 0 Å². The minimum Gasteiger partial charge on any atom is -0.0995 e. The molecule has 0 radical (unpaired) electrons. The first kappa shape index (κ1) is 12.5. The highest BCUT2D eigenvalue weighted by Gasteiger charge is 1.98. The zero-order valence-electron chi connectivity index (χ0n) is 9.43. The topological polar surface area (TPSA) is 0 Å². The lowest BCUT2D eigenvalue weighted by molar-refractivity contribution is 0.706. The molecule has 0 fully saturated rings. The minimum atomic E-state index is 1.02. The summed E-state index contributed by atoms with van der Waals surface area (Å²) in [5.74, 6) is 0. The van der Waals surface area contributed by atoms with Crippen molar-refractivity contribution >= 4 is 15.9 Å². The predicted octanol–water partition coefficient (Wildman–Crippen LogP) is 5.13. The maximum Gasteiger partial charge on any atom is 0.0178 e. The number of hydrogen-bond donors (Lipinski definition) is 0. The standard InChI is InChI=1S/C14H19Br/c1-3-4-5-7-12(2)10-13-8-6-9-14(15)11-13/h6,8-9,11H,2-5,7,10H2,1H3.